The second-order valence-electron chi connectivity index (χ2n) is 6.39. The summed E-state index contributed by atoms with van der Waals surface area (Å²) in [6.07, 6.45) is 2.01. The molecule has 3 rings (SSSR count). The van der Waals surface area contributed by atoms with Gasteiger partial charge in [0.15, 0.2) is 5.69 Å². The monoisotopic (exact) mass is 343 g/mol. The number of para-hydroxylation sites is 1. The normalized spacial score (nSPS) is 16.4. The van der Waals surface area contributed by atoms with Crippen molar-refractivity contribution in [3.8, 4) is 5.75 Å². The van der Waals surface area contributed by atoms with Crippen molar-refractivity contribution >= 4 is 5.91 Å². The lowest BCUT2D eigenvalue weighted by atomic mass is 10.1. The van der Waals surface area contributed by atoms with E-state index < -0.39 is 0 Å². The van der Waals surface area contributed by atoms with E-state index in [-0.39, 0.29) is 11.9 Å². The summed E-state index contributed by atoms with van der Waals surface area (Å²) in [4.78, 5) is 12.7. The van der Waals surface area contributed by atoms with Crippen molar-refractivity contribution in [2.24, 2.45) is 0 Å². The molecule has 7 heteroatoms. The number of nitrogens with one attached hydrogen (secondary N) is 2. The quantitative estimate of drug-likeness (QED) is 0.868. The predicted octanol–water partition coefficient (Wildman–Crippen LogP) is 2.01. The summed E-state index contributed by atoms with van der Waals surface area (Å²) >= 11 is 0. The lowest BCUT2D eigenvalue weighted by Gasteiger charge is -2.23. The number of benzene rings is 1. The Balaban J connectivity index is 1.74. The zero-order valence-corrected chi connectivity index (χ0v) is 15.0. The molecule has 2 N–H and O–H groups in total. The second kappa shape index (κ2) is 7.65. The van der Waals surface area contributed by atoms with Gasteiger partial charge in [-0.1, -0.05) is 23.4 Å². The van der Waals surface area contributed by atoms with E-state index in [1.54, 1.807) is 7.11 Å². The molecular weight excluding hydrogens is 318 g/mol. The molecule has 0 unspecified atom stereocenters. The summed E-state index contributed by atoms with van der Waals surface area (Å²) in [6, 6.07) is 7.79. The molecule has 1 aliphatic rings. The highest BCUT2D eigenvalue weighted by Crippen LogP contribution is 2.25. The van der Waals surface area contributed by atoms with Gasteiger partial charge in [-0.3, -0.25) is 4.79 Å². The van der Waals surface area contributed by atoms with Gasteiger partial charge in [-0.05, 0) is 45.8 Å². The topological polar surface area (TPSA) is 81.1 Å². The molecule has 134 valence electrons. The van der Waals surface area contributed by atoms with E-state index in [2.05, 4.69) is 20.9 Å². The van der Waals surface area contributed by atoms with Crippen molar-refractivity contribution in [2.45, 2.75) is 38.8 Å². The number of hydrogen-bond acceptors (Lipinski definition) is 5. The molecule has 1 aliphatic heterocycles. The number of aromatic nitrogens is 3. The predicted molar refractivity (Wildman–Crippen MR) is 94.8 cm³/mol. The Bertz CT molecular complexity index is 737. The van der Waals surface area contributed by atoms with Gasteiger partial charge in [0.1, 0.15) is 5.75 Å². The first-order valence-electron chi connectivity index (χ1n) is 8.68. The Labute approximate surface area is 147 Å². The molecular formula is C18H25N5O2. The molecule has 1 amide bonds. The van der Waals surface area contributed by atoms with Crippen LogP contribution in [0.15, 0.2) is 24.3 Å². The maximum atomic E-state index is 12.7. The van der Waals surface area contributed by atoms with E-state index in [1.807, 2.05) is 42.8 Å². The van der Waals surface area contributed by atoms with Crippen LogP contribution < -0.4 is 15.4 Å². The van der Waals surface area contributed by atoms with Gasteiger partial charge >= 0.3 is 0 Å². The zero-order valence-electron chi connectivity index (χ0n) is 15.0. The molecule has 0 radical (unpaired) electrons. The first kappa shape index (κ1) is 17.4. The summed E-state index contributed by atoms with van der Waals surface area (Å²) in [7, 11) is 1.63. The molecule has 0 saturated carbocycles. The Kier molecular flexibility index (Phi) is 5.33. The van der Waals surface area contributed by atoms with Gasteiger partial charge in [-0.25, -0.2) is 4.68 Å². The summed E-state index contributed by atoms with van der Waals surface area (Å²) in [5.74, 6) is 0.543. The minimum atomic E-state index is -0.212. The van der Waals surface area contributed by atoms with Gasteiger partial charge in [0.25, 0.3) is 5.91 Å². The first-order valence-corrected chi connectivity index (χ1v) is 8.68. The van der Waals surface area contributed by atoms with Gasteiger partial charge in [0, 0.05) is 5.56 Å². The summed E-state index contributed by atoms with van der Waals surface area (Å²) in [5.41, 5.74) is 2.14. The Morgan fingerprint density at radius 1 is 1.36 bits per heavy atom. The smallest absolute Gasteiger partial charge is 0.274 e. The van der Waals surface area contributed by atoms with Crippen LogP contribution in [0.3, 0.4) is 0 Å². The minimum Gasteiger partial charge on any atom is -0.496 e. The average molecular weight is 343 g/mol. The van der Waals surface area contributed by atoms with E-state index in [0.717, 1.165) is 42.9 Å². The number of amides is 1. The van der Waals surface area contributed by atoms with Crippen LogP contribution in [0.25, 0.3) is 0 Å². The molecule has 7 nitrogen and oxygen atoms in total. The number of piperidine rings is 1. The van der Waals surface area contributed by atoms with E-state index in [9.17, 15) is 4.79 Å². The molecule has 25 heavy (non-hydrogen) atoms. The molecule has 0 aliphatic carbocycles. The van der Waals surface area contributed by atoms with Gasteiger partial charge in [-0.2, -0.15) is 0 Å². The van der Waals surface area contributed by atoms with Crippen LogP contribution in [0.5, 0.6) is 5.75 Å². The summed E-state index contributed by atoms with van der Waals surface area (Å²) < 4.78 is 7.26. The lowest BCUT2D eigenvalue weighted by Crippen LogP contribution is -2.31. The third-order valence-electron chi connectivity index (χ3n) is 4.75. The average Bonchev–Trinajstić information content (AvgIpc) is 3.03. The fourth-order valence-corrected chi connectivity index (χ4v) is 3.32. The van der Waals surface area contributed by atoms with Crippen LogP contribution >= 0.6 is 0 Å². The number of rotatable bonds is 5. The SMILES string of the molecule is COc1ccccc1[C@@H](C)NC(=O)c1nnn(C2CCNCC2)c1C. The van der Waals surface area contributed by atoms with Gasteiger partial charge in [0.2, 0.25) is 0 Å². The first-order chi connectivity index (χ1) is 12.1. The van der Waals surface area contributed by atoms with Crippen molar-refractivity contribution in [3.05, 3.63) is 41.2 Å². The highest BCUT2D eigenvalue weighted by atomic mass is 16.5. The second-order valence-corrected chi connectivity index (χ2v) is 6.39. The maximum absolute atomic E-state index is 12.7. The molecule has 1 fully saturated rings. The van der Waals surface area contributed by atoms with Crippen molar-refractivity contribution in [1.82, 2.24) is 25.6 Å². The van der Waals surface area contributed by atoms with Crippen LogP contribution in [-0.4, -0.2) is 41.1 Å². The number of hydrogen-bond donors (Lipinski definition) is 2. The highest BCUT2D eigenvalue weighted by molar-refractivity contribution is 5.93. The number of nitrogens with zero attached hydrogens (tertiary/aromatic N) is 3. The Hall–Kier alpha value is -2.41. The van der Waals surface area contributed by atoms with Crippen LogP contribution in [0.4, 0.5) is 0 Å². The number of methoxy groups -OCH3 is 1. The lowest BCUT2D eigenvalue weighted by molar-refractivity contribution is 0.0933. The molecule has 1 aromatic carbocycles. The molecule has 0 spiro atoms. The van der Waals surface area contributed by atoms with E-state index in [4.69, 9.17) is 4.74 Å². The van der Waals surface area contributed by atoms with Crippen molar-refractivity contribution in [1.29, 1.82) is 0 Å². The van der Waals surface area contributed by atoms with Crippen LogP contribution in [0, 0.1) is 6.92 Å². The number of ether oxygens (including phenoxy) is 1. The van der Waals surface area contributed by atoms with Crippen molar-refractivity contribution < 1.29 is 9.53 Å². The highest BCUT2D eigenvalue weighted by Gasteiger charge is 2.24. The maximum Gasteiger partial charge on any atom is 0.274 e. The standard InChI is InChI=1S/C18H25N5O2/c1-12(15-6-4-5-7-16(15)25-3)20-18(24)17-13(2)23(22-21-17)14-8-10-19-11-9-14/h4-7,12,14,19H,8-11H2,1-3H3,(H,20,24)/t12-/m1/s1. The summed E-state index contributed by atoms with van der Waals surface area (Å²) in [5, 5.41) is 14.7. The molecule has 2 aromatic rings. The van der Waals surface area contributed by atoms with Crippen molar-refractivity contribution in [3.63, 3.8) is 0 Å². The number of carbonyl (C=O) groups excluding carboxylic acids is 1. The number of carbonyl (C=O) groups is 1. The third kappa shape index (κ3) is 3.66. The molecule has 1 aromatic heterocycles. The molecule has 2 heterocycles. The van der Waals surface area contributed by atoms with Crippen LogP contribution in [0.2, 0.25) is 0 Å². The van der Waals surface area contributed by atoms with E-state index in [1.165, 1.54) is 0 Å². The van der Waals surface area contributed by atoms with Gasteiger partial charge in [-0.15, -0.1) is 5.10 Å². The van der Waals surface area contributed by atoms with Gasteiger partial charge in [0.05, 0.1) is 24.9 Å². The minimum absolute atomic E-state index is 0.188. The Morgan fingerprint density at radius 2 is 2.08 bits per heavy atom. The largest absolute Gasteiger partial charge is 0.496 e. The molecule has 0 bridgehead atoms. The fourth-order valence-electron chi connectivity index (χ4n) is 3.32. The van der Waals surface area contributed by atoms with Crippen LogP contribution in [0.1, 0.15) is 53.6 Å². The third-order valence-corrected chi connectivity index (χ3v) is 4.75. The van der Waals surface area contributed by atoms with E-state index >= 15 is 0 Å². The van der Waals surface area contributed by atoms with E-state index in [0.29, 0.717) is 11.7 Å². The summed E-state index contributed by atoms with van der Waals surface area (Å²) in [6.45, 7) is 5.78. The fraction of sp³-hybridized carbons (Fsp3) is 0.500. The van der Waals surface area contributed by atoms with Gasteiger partial charge < -0.3 is 15.4 Å². The van der Waals surface area contributed by atoms with Crippen molar-refractivity contribution in [2.75, 3.05) is 20.2 Å². The zero-order chi connectivity index (χ0) is 17.8. The Morgan fingerprint density at radius 3 is 2.80 bits per heavy atom. The van der Waals surface area contributed by atoms with Crippen LogP contribution in [-0.2, 0) is 0 Å². The molecule has 1 atom stereocenters. The molecule has 1 saturated heterocycles.